The van der Waals surface area contributed by atoms with E-state index in [2.05, 4.69) is 4.98 Å². The average molecular weight is 274 g/mol. The number of rotatable bonds is 5. The van der Waals surface area contributed by atoms with Crippen molar-refractivity contribution in [3.63, 3.8) is 0 Å². The molecule has 0 fully saturated rings. The lowest BCUT2D eigenvalue weighted by atomic mass is 10.1. The van der Waals surface area contributed by atoms with Crippen LogP contribution in [0.2, 0.25) is 0 Å². The third-order valence-electron chi connectivity index (χ3n) is 3.15. The first-order chi connectivity index (χ1) is 8.99. The summed E-state index contributed by atoms with van der Waals surface area (Å²) in [6, 6.07) is 1.97. The number of nitrogens with zero attached hydrogens (tertiary/aromatic N) is 1. The van der Waals surface area contributed by atoms with Crippen LogP contribution < -0.4 is 10.5 Å². The zero-order chi connectivity index (χ0) is 13.9. The fraction of sp³-hybridized carbons (Fsp3) is 0.615. The summed E-state index contributed by atoms with van der Waals surface area (Å²) in [5.41, 5.74) is 8.56. The predicted octanol–water partition coefficient (Wildman–Crippen LogP) is 2.75. The Morgan fingerprint density at radius 2 is 2.11 bits per heavy atom. The number of ether oxygens (including phenoxy) is 1. The molecule has 106 valence electrons. The van der Waals surface area contributed by atoms with Crippen molar-refractivity contribution in [3.05, 3.63) is 22.9 Å². The Labute approximate surface area is 110 Å². The lowest BCUT2D eigenvalue weighted by molar-refractivity contribution is -0.136. The molecule has 2 N–H and O–H groups in total. The molecule has 0 radical (unpaired) electrons. The van der Waals surface area contributed by atoms with E-state index >= 15 is 0 Å². The van der Waals surface area contributed by atoms with Crippen LogP contribution in [0.5, 0.6) is 5.88 Å². The zero-order valence-electron chi connectivity index (χ0n) is 10.6. The van der Waals surface area contributed by atoms with Crippen LogP contribution in [0.25, 0.3) is 0 Å². The number of aryl methyl sites for hydroxylation is 2. The van der Waals surface area contributed by atoms with Gasteiger partial charge in [0.15, 0.2) is 0 Å². The van der Waals surface area contributed by atoms with Crippen LogP contribution in [0.4, 0.5) is 13.2 Å². The highest BCUT2D eigenvalue weighted by atomic mass is 19.4. The summed E-state index contributed by atoms with van der Waals surface area (Å²) >= 11 is 0. The van der Waals surface area contributed by atoms with Crippen LogP contribution in [0, 0.1) is 0 Å². The van der Waals surface area contributed by atoms with Gasteiger partial charge in [-0.2, -0.15) is 13.2 Å². The lowest BCUT2D eigenvalue weighted by Gasteiger charge is -2.12. The van der Waals surface area contributed by atoms with Gasteiger partial charge in [-0.3, -0.25) is 0 Å². The van der Waals surface area contributed by atoms with Gasteiger partial charge in [0.1, 0.15) is 0 Å². The van der Waals surface area contributed by atoms with Crippen LogP contribution in [-0.2, 0) is 19.4 Å². The van der Waals surface area contributed by atoms with E-state index in [1.807, 2.05) is 6.07 Å². The zero-order valence-corrected chi connectivity index (χ0v) is 10.6. The number of aromatic nitrogens is 1. The third kappa shape index (κ3) is 3.83. The maximum atomic E-state index is 12.0. The maximum absolute atomic E-state index is 12.0. The first-order valence-corrected chi connectivity index (χ1v) is 6.41. The van der Waals surface area contributed by atoms with Gasteiger partial charge >= 0.3 is 6.18 Å². The summed E-state index contributed by atoms with van der Waals surface area (Å²) in [6.07, 6.45) is -2.08. The molecule has 19 heavy (non-hydrogen) atoms. The molecule has 0 bridgehead atoms. The fourth-order valence-electron chi connectivity index (χ4n) is 2.21. The maximum Gasteiger partial charge on any atom is 0.389 e. The van der Waals surface area contributed by atoms with Gasteiger partial charge in [-0.1, -0.05) is 0 Å². The number of hydrogen-bond donors (Lipinski definition) is 1. The Bertz CT molecular complexity index is 446. The summed E-state index contributed by atoms with van der Waals surface area (Å²) in [5, 5.41) is 0. The molecule has 0 aliphatic heterocycles. The largest absolute Gasteiger partial charge is 0.477 e. The molecule has 0 unspecified atom stereocenters. The highest BCUT2D eigenvalue weighted by Crippen LogP contribution is 2.27. The Morgan fingerprint density at radius 3 is 2.79 bits per heavy atom. The predicted molar refractivity (Wildman–Crippen MR) is 64.9 cm³/mol. The van der Waals surface area contributed by atoms with Gasteiger partial charge in [-0.05, 0) is 37.3 Å². The summed E-state index contributed by atoms with van der Waals surface area (Å²) < 4.78 is 41.4. The monoisotopic (exact) mass is 274 g/mol. The summed E-state index contributed by atoms with van der Waals surface area (Å²) in [6.45, 7) is 0.299. The van der Waals surface area contributed by atoms with Crippen molar-refractivity contribution in [1.82, 2.24) is 4.98 Å². The second-order valence-corrected chi connectivity index (χ2v) is 4.68. The van der Waals surface area contributed by atoms with E-state index in [0.717, 1.165) is 30.5 Å². The standard InChI is InChI=1S/C13H17F3N2O/c14-13(15,16)5-2-6-19-12-10(8-17)7-9-3-1-4-11(9)18-12/h7H,1-6,8,17H2. The molecule has 0 saturated carbocycles. The molecule has 1 aromatic rings. The number of hydrogen-bond acceptors (Lipinski definition) is 3. The molecular weight excluding hydrogens is 257 g/mol. The fourth-order valence-corrected chi connectivity index (χ4v) is 2.21. The smallest absolute Gasteiger partial charge is 0.389 e. The molecule has 0 aromatic carbocycles. The number of pyridine rings is 1. The third-order valence-corrected chi connectivity index (χ3v) is 3.15. The van der Waals surface area contributed by atoms with Gasteiger partial charge in [0.05, 0.1) is 6.61 Å². The van der Waals surface area contributed by atoms with Gasteiger partial charge in [0.25, 0.3) is 0 Å². The molecule has 1 heterocycles. The Balaban J connectivity index is 1.96. The minimum absolute atomic E-state index is 0.0122. The SMILES string of the molecule is NCc1cc2c(nc1OCCCC(F)(F)F)CCC2. The number of fused-ring (bicyclic) bond motifs is 1. The Kier molecular flexibility index (Phi) is 4.29. The molecule has 0 amide bonds. The average Bonchev–Trinajstić information content (AvgIpc) is 2.79. The first-order valence-electron chi connectivity index (χ1n) is 6.41. The van der Waals surface area contributed by atoms with E-state index in [1.54, 1.807) is 0 Å². The summed E-state index contributed by atoms with van der Waals surface area (Å²) in [7, 11) is 0. The van der Waals surface area contributed by atoms with E-state index in [1.165, 1.54) is 5.56 Å². The van der Waals surface area contributed by atoms with Crippen molar-refractivity contribution in [2.24, 2.45) is 5.73 Å². The quantitative estimate of drug-likeness (QED) is 0.840. The van der Waals surface area contributed by atoms with Crippen LogP contribution in [0.3, 0.4) is 0 Å². The molecular formula is C13H17F3N2O. The second kappa shape index (κ2) is 5.77. The molecule has 0 atom stereocenters. The van der Waals surface area contributed by atoms with Crippen molar-refractivity contribution >= 4 is 0 Å². The minimum atomic E-state index is -4.13. The number of halogens is 3. The molecule has 1 aromatic heterocycles. The Hall–Kier alpha value is -1.30. The summed E-state index contributed by atoms with van der Waals surface area (Å²) in [4.78, 5) is 4.37. The summed E-state index contributed by atoms with van der Waals surface area (Å²) in [5.74, 6) is 0.394. The molecule has 0 saturated heterocycles. The van der Waals surface area contributed by atoms with E-state index < -0.39 is 12.6 Å². The molecule has 1 aliphatic rings. The highest BCUT2D eigenvalue weighted by Gasteiger charge is 2.26. The van der Waals surface area contributed by atoms with Crippen LogP contribution >= 0.6 is 0 Å². The van der Waals surface area contributed by atoms with E-state index in [4.69, 9.17) is 10.5 Å². The topological polar surface area (TPSA) is 48.1 Å². The second-order valence-electron chi connectivity index (χ2n) is 4.68. The van der Waals surface area contributed by atoms with Crippen LogP contribution in [0.1, 0.15) is 36.1 Å². The van der Waals surface area contributed by atoms with Crippen molar-refractivity contribution in [3.8, 4) is 5.88 Å². The lowest BCUT2D eigenvalue weighted by Crippen LogP contribution is -2.12. The van der Waals surface area contributed by atoms with E-state index in [0.29, 0.717) is 5.88 Å². The van der Waals surface area contributed by atoms with Gasteiger partial charge in [0.2, 0.25) is 5.88 Å². The molecule has 1 aliphatic carbocycles. The number of alkyl halides is 3. The van der Waals surface area contributed by atoms with E-state index in [-0.39, 0.29) is 19.6 Å². The molecule has 0 spiro atoms. The van der Waals surface area contributed by atoms with Crippen molar-refractivity contribution in [2.75, 3.05) is 6.61 Å². The van der Waals surface area contributed by atoms with Gasteiger partial charge in [0, 0.05) is 24.2 Å². The van der Waals surface area contributed by atoms with Crippen LogP contribution in [0.15, 0.2) is 6.07 Å². The van der Waals surface area contributed by atoms with Crippen molar-refractivity contribution in [2.45, 2.75) is 44.8 Å². The number of nitrogens with two attached hydrogens (primary N) is 1. The Morgan fingerprint density at radius 1 is 1.32 bits per heavy atom. The molecule has 6 heteroatoms. The van der Waals surface area contributed by atoms with Gasteiger partial charge in [-0.25, -0.2) is 4.98 Å². The van der Waals surface area contributed by atoms with E-state index in [9.17, 15) is 13.2 Å². The normalized spacial score (nSPS) is 14.5. The van der Waals surface area contributed by atoms with Crippen molar-refractivity contribution < 1.29 is 17.9 Å². The molecule has 3 nitrogen and oxygen atoms in total. The minimum Gasteiger partial charge on any atom is -0.477 e. The van der Waals surface area contributed by atoms with Gasteiger partial charge < -0.3 is 10.5 Å². The molecule has 2 rings (SSSR count). The van der Waals surface area contributed by atoms with Crippen molar-refractivity contribution in [1.29, 1.82) is 0 Å². The first kappa shape index (κ1) is 14.1. The highest BCUT2D eigenvalue weighted by molar-refractivity contribution is 5.36. The van der Waals surface area contributed by atoms with Crippen LogP contribution in [-0.4, -0.2) is 17.8 Å². The van der Waals surface area contributed by atoms with Gasteiger partial charge in [-0.15, -0.1) is 0 Å².